The Kier molecular flexibility index (Phi) is 2.52. The third kappa shape index (κ3) is 1.15. The van der Waals surface area contributed by atoms with Crippen molar-refractivity contribution >= 4 is 0 Å². The molecule has 0 aromatic carbocycles. The second-order valence-corrected chi connectivity index (χ2v) is 3.66. The fourth-order valence-electron chi connectivity index (χ4n) is 1.68. The molecule has 1 aliphatic heterocycles. The molecule has 0 bridgehead atoms. The Balaban J connectivity index is 2.74. The highest BCUT2D eigenvalue weighted by molar-refractivity contribution is 5.32. The van der Waals surface area contributed by atoms with Crippen molar-refractivity contribution in [2.24, 2.45) is 0 Å². The zero-order valence-corrected chi connectivity index (χ0v) is 8.25. The summed E-state index contributed by atoms with van der Waals surface area (Å²) in [4.78, 5) is 0. The van der Waals surface area contributed by atoms with Crippen LogP contribution in [0, 0.1) is 0 Å². The van der Waals surface area contributed by atoms with Crippen LogP contribution in [0.1, 0.15) is 0 Å². The molecule has 2 aliphatic rings. The van der Waals surface area contributed by atoms with Crippen molar-refractivity contribution in [1.29, 1.82) is 0 Å². The first-order valence-corrected chi connectivity index (χ1v) is 4.50. The van der Waals surface area contributed by atoms with E-state index in [1.807, 2.05) is 0 Å². The lowest BCUT2D eigenvalue weighted by Crippen LogP contribution is -2.69. The number of ether oxygens (including phenoxy) is 2. The number of alkyl halides is 6. The second kappa shape index (κ2) is 3.35. The Labute approximate surface area is 94.1 Å². The van der Waals surface area contributed by atoms with Crippen molar-refractivity contribution in [3.8, 4) is 0 Å². The molecular weight excluding hydrogens is 280 g/mol. The zero-order valence-electron chi connectivity index (χ0n) is 8.25. The van der Waals surface area contributed by atoms with Crippen LogP contribution in [-0.2, 0) is 9.47 Å². The first-order chi connectivity index (χ1) is 8.02. The lowest BCUT2D eigenvalue weighted by molar-refractivity contribution is -0.397. The van der Waals surface area contributed by atoms with E-state index in [1.54, 1.807) is 0 Å². The summed E-state index contributed by atoms with van der Waals surface area (Å²) in [5.41, 5.74) is 0. The highest BCUT2D eigenvalue weighted by Crippen LogP contribution is 2.62. The molecule has 1 fully saturated rings. The normalized spacial score (nSPS) is 32.0. The standard InChI is InChI=1S/C8H4F8O2/c9-3-4(10)6(17-1-2-18-6)8(15,16)7(13,14)5(3,11)12/h1-2H2. The molecule has 0 saturated carbocycles. The monoisotopic (exact) mass is 284 g/mol. The molecule has 2 nitrogen and oxygen atoms in total. The molecule has 0 aromatic rings. The Hall–Kier alpha value is -0.900. The summed E-state index contributed by atoms with van der Waals surface area (Å²) in [7, 11) is 0. The molecular formula is C8H4F8O2. The van der Waals surface area contributed by atoms with E-state index in [4.69, 9.17) is 0 Å². The van der Waals surface area contributed by atoms with E-state index in [1.165, 1.54) is 0 Å². The minimum Gasteiger partial charge on any atom is -0.337 e. The van der Waals surface area contributed by atoms with Gasteiger partial charge in [-0.2, -0.15) is 26.3 Å². The Morgan fingerprint density at radius 1 is 0.722 bits per heavy atom. The molecule has 0 amide bonds. The number of hydrogen-bond acceptors (Lipinski definition) is 2. The van der Waals surface area contributed by atoms with Crippen LogP contribution in [0.2, 0.25) is 0 Å². The van der Waals surface area contributed by atoms with Gasteiger partial charge in [0.1, 0.15) is 0 Å². The quantitative estimate of drug-likeness (QED) is 0.637. The SMILES string of the molecule is FC1=C(F)C2(OCCO2)C(F)(F)C(F)(F)C1(F)F. The lowest BCUT2D eigenvalue weighted by atomic mass is 9.88. The van der Waals surface area contributed by atoms with Gasteiger partial charge in [-0.25, -0.2) is 8.78 Å². The molecule has 0 radical (unpaired) electrons. The molecule has 10 heteroatoms. The van der Waals surface area contributed by atoms with Crippen molar-refractivity contribution in [3.63, 3.8) is 0 Å². The van der Waals surface area contributed by atoms with Crippen LogP contribution in [-0.4, -0.2) is 36.8 Å². The van der Waals surface area contributed by atoms with Gasteiger partial charge in [-0.3, -0.25) is 0 Å². The fraction of sp³-hybridized carbons (Fsp3) is 0.750. The summed E-state index contributed by atoms with van der Waals surface area (Å²) in [6.45, 7) is -1.53. The van der Waals surface area contributed by atoms with Crippen molar-refractivity contribution < 1.29 is 44.6 Å². The smallest absolute Gasteiger partial charge is 0.337 e. The highest BCUT2D eigenvalue weighted by Gasteiger charge is 2.87. The lowest BCUT2D eigenvalue weighted by Gasteiger charge is -2.43. The van der Waals surface area contributed by atoms with Crippen LogP contribution in [0.25, 0.3) is 0 Å². The van der Waals surface area contributed by atoms with E-state index in [0.29, 0.717) is 0 Å². The van der Waals surface area contributed by atoms with Gasteiger partial charge >= 0.3 is 17.8 Å². The second-order valence-electron chi connectivity index (χ2n) is 3.66. The van der Waals surface area contributed by atoms with Crippen molar-refractivity contribution in [3.05, 3.63) is 11.7 Å². The maximum absolute atomic E-state index is 13.3. The number of hydrogen-bond donors (Lipinski definition) is 0. The van der Waals surface area contributed by atoms with Gasteiger partial charge in [-0.05, 0) is 0 Å². The van der Waals surface area contributed by atoms with Gasteiger partial charge in [0.15, 0.2) is 0 Å². The number of rotatable bonds is 0. The molecule has 0 N–H and O–H groups in total. The molecule has 104 valence electrons. The zero-order chi connectivity index (χ0) is 14.0. The summed E-state index contributed by atoms with van der Waals surface area (Å²) < 4.78 is 112. The maximum atomic E-state index is 13.3. The molecule has 18 heavy (non-hydrogen) atoms. The first kappa shape index (κ1) is 13.5. The van der Waals surface area contributed by atoms with Gasteiger partial charge in [0, 0.05) is 0 Å². The molecule has 1 heterocycles. The van der Waals surface area contributed by atoms with Crippen LogP contribution < -0.4 is 0 Å². The Bertz CT molecular complexity index is 409. The van der Waals surface area contributed by atoms with Crippen LogP contribution in [0.15, 0.2) is 11.7 Å². The van der Waals surface area contributed by atoms with Crippen molar-refractivity contribution in [2.75, 3.05) is 13.2 Å². The van der Waals surface area contributed by atoms with Gasteiger partial charge < -0.3 is 9.47 Å². The van der Waals surface area contributed by atoms with E-state index in [0.717, 1.165) is 0 Å². The van der Waals surface area contributed by atoms with Crippen LogP contribution in [0.4, 0.5) is 35.1 Å². The summed E-state index contributed by atoms with van der Waals surface area (Å²) in [5.74, 6) is -28.3. The third-order valence-electron chi connectivity index (χ3n) is 2.65. The number of halogens is 8. The summed E-state index contributed by atoms with van der Waals surface area (Å²) >= 11 is 0. The molecule has 1 saturated heterocycles. The van der Waals surface area contributed by atoms with Crippen LogP contribution in [0.5, 0.6) is 0 Å². The van der Waals surface area contributed by atoms with Gasteiger partial charge in [-0.15, -0.1) is 0 Å². The Morgan fingerprint density at radius 2 is 1.17 bits per heavy atom. The van der Waals surface area contributed by atoms with E-state index in [2.05, 4.69) is 9.47 Å². The van der Waals surface area contributed by atoms with E-state index < -0.39 is 48.4 Å². The summed E-state index contributed by atoms with van der Waals surface area (Å²) in [6.07, 6.45) is 0. The van der Waals surface area contributed by atoms with Crippen LogP contribution in [0.3, 0.4) is 0 Å². The number of allylic oxidation sites excluding steroid dienone is 1. The summed E-state index contributed by atoms with van der Waals surface area (Å²) in [5, 5.41) is 0. The molecule has 1 spiro atoms. The van der Waals surface area contributed by atoms with E-state index in [9.17, 15) is 35.1 Å². The minimum absolute atomic E-state index is 0.766. The molecule has 0 atom stereocenters. The Morgan fingerprint density at radius 3 is 1.61 bits per heavy atom. The molecule has 2 rings (SSSR count). The molecule has 1 aliphatic carbocycles. The molecule has 0 aromatic heterocycles. The average molecular weight is 284 g/mol. The topological polar surface area (TPSA) is 18.5 Å². The average Bonchev–Trinajstić information content (AvgIpc) is 2.75. The third-order valence-corrected chi connectivity index (χ3v) is 2.65. The van der Waals surface area contributed by atoms with Gasteiger partial charge in [0.05, 0.1) is 13.2 Å². The fourth-order valence-corrected chi connectivity index (χ4v) is 1.68. The minimum atomic E-state index is -6.19. The first-order valence-electron chi connectivity index (χ1n) is 4.50. The van der Waals surface area contributed by atoms with Crippen molar-refractivity contribution in [2.45, 2.75) is 23.6 Å². The van der Waals surface area contributed by atoms with Gasteiger partial charge in [-0.1, -0.05) is 0 Å². The largest absolute Gasteiger partial charge is 0.384 e. The summed E-state index contributed by atoms with van der Waals surface area (Å²) in [6, 6.07) is 0. The highest BCUT2D eigenvalue weighted by atomic mass is 19.3. The maximum Gasteiger partial charge on any atom is 0.384 e. The van der Waals surface area contributed by atoms with Gasteiger partial charge in [0.25, 0.3) is 5.79 Å². The van der Waals surface area contributed by atoms with Crippen molar-refractivity contribution in [1.82, 2.24) is 0 Å². The van der Waals surface area contributed by atoms with E-state index in [-0.39, 0.29) is 0 Å². The van der Waals surface area contributed by atoms with E-state index >= 15 is 0 Å². The van der Waals surface area contributed by atoms with Gasteiger partial charge in [0.2, 0.25) is 11.7 Å². The molecule has 0 unspecified atom stereocenters. The predicted octanol–water partition coefficient (Wildman–Crippen LogP) is 2.80. The predicted molar refractivity (Wildman–Crippen MR) is 38.7 cm³/mol. The van der Waals surface area contributed by atoms with Crippen LogP contribution >= 0.6 is 0 Å².